The molecule has 0 aromatic heterocycles. The van der Waals surface area contributed by atoms with E-state index in [1.807, 2.05) is 12.1 Å². The van der Waals surface area contributed by atoms with Crippen molar-refractivity contribution in [2.24, 2.45) is 17.8 Å². The zero-order valence-corrected chi connectivity index (χ0v) is 24.0. The van der Waals surface area contributed by atoms with E-state index in [0.29, 0.717) is 5.56 Å². The second kappa shape index (κ2) is 12.9. The summed E-state index contributed by atoms with van der Waals surface area (Å²) in [6.07, 6.45) is 1.43. The number of benzene rings is 2. The van der Waals surface area contributed by atoms with E-state index in [1.54, 1.807) is 22.6 Å². The molecule has 8 heteroatoms. The van der Waals surface area contributed by atoms with Gasteiger partial charge in [-0.1, -0.05) is 55.6 Å². The number of para-hydroxylation sites is 1. The fraction of sp³-hybridized carbons (Fsp3) is 0.385. The Morgan fingerprint density at radius 3 is 2.18 bits per heavy atom. The van der Waals surface area contributed by atoms with Crippen molar-refractivity contribution in [3.05, 3.63) is 88.5 Å². The molecule has 184 valence electrons. The molecule has 2 aromatic carbocycles. The molecular formula is C26H30Cl2F2N2STi-2. The Hall–Kier alpha value is -0.846. The van der Waals surface area contributed by atoms with Gasteiger partial charge in [0.2, 0.25) is 0 Å². The van der Waals surface area contributed by atoms with E-state index in [4.69, 9.17) is 18.6 Å². The van der Waals surface area contributed by atoms with Crippen LogP contribution in [-0.2, 0) is 23.6 Å². The molecule has 0 bridgehead atoms. The fourth-order valence-electron chi connectivity index (χ4n) is 4.81. The van der Waals surface area contributed by atoms with E-state index in [9.17, 15) is 14.2 Å². The number of allylic oxidation sites excluding steroid dienone is 2. The minimum absolute atomic E-state index is 0. The van der Waals surface area contributed by atoms with Crippen LogP contribution in [0.4, 0.5) is 14.5 Å². The van der Waals surface area contributed by atoms with Crippen molar-refractivity contribution in [3.63, 3.8) is 0 Å². The number of amidine groups is 1. The third-order valence-corrected chi connectivity index (χ3v) is 8.62. The molecule has 4 atom stereocenters. The summed E-state index contributed by atoms with van der Waals surface area (Å²) in [5, 5.41) is 11.0. The molecule has 1 aliphatic carbocycles. The third-order valence-electron chi connectivity index (χ3n) is 6.91. The van der Waals surface area contributed by atoms with Crippen LogP contribution in [0.25, 0.3) is 5.41 Å². The Labute approximate surface area is 223 Å². The maximum Gasteiger partial charge on any atom is 0.129 e. The Kier molecular flexibility index (Phi) is 11.2. The molecule has 1 fully saturated rings. The van der Waals surface area contributed by atoms with Gasteiger partial charge in [0, 0.05) is 10.9 Å². The van der Waals surface area contributed by atoms with Gasteiger partial charge in [0.25, 0.3) is 0 Å². The Bertz CT molecular complexity index is 1030. The van der Waals surface area contributed by atoms with E-state index in [-0.39, 0.29) is 25.5 Å². The molecule has 0 amide bonds. The number of hydrogen-bond donors (Lipinski definition) is 0. The van der Waals surface area contributed by atoms with Gasteiger partial charge in [-0.25, -0.2) is 8.78 Å². The molecule has 5 rings (SSSR count). The van der Waals surface area contributed by atoms with Gasteiger partial charge in [-0.05, 0) is 72.7 Å². The summed E-state index contributed by atoms with van der Waals surface area (Å²) >= 11 is 1.58. The molecule has 2 aliphatic heterocycles. The Morgan fingerprint density at radius 2 is 1.62 bits per heavy atom. The van der Waals surface area contributed by atoms with E-state index >= 15 is 0 Å². The van der Waals surface area contributed by atoms with Crippen molar-refractivity contribution in [1.29, 1.82) is 0 Å². The SMILES string of the molecule is CC1=C(C)C2CC(C)C(C)C2S1.[CH3-].[Cl][Ti][Cl].[N-]=C1c2ccccc2CN1c1c(F)cccc1F. The van der Waals surface area contributed by atoms with Gasteiger partial charge in [0.1, 0.15) is 11.6 Å². The summed E-state index contributed by atoms with van der Waals surface area (Å²) in [5.41, 5.74) is 2.92. The first-order chi connectivity index (χ1) is 15.7. The minimum atomic E-state index is -0.686. The van der Waals surface area contributed by atoms with Crippen molar-refractivity contribution >= 4 is 41.9 Å². The monoisotopic (exact) mass is 558 g/mol. The number of nitrogens with zero attached hydrogens (tertiary/aromatic N) is 2. The number of fused-ring (bicyclic) bond motifs is 2. The van der Waals surface area contributed by atoms with Crippen molar-refractivity contribution in [1.82, 2.24) is 0 Å². The molecule has 2 aromatic rings. The van der Waals surface area contributed by atoms with E-state index in [2.05, 4.69) is 39.5 Å². The molecule has 2 heterocycles. The van der Waals surface area contributed by atoms with Crippen LogP contribution in [0.1, 0.15) is 45.2 Å². The average molecular weight is 559 g/mol. The van der Waals surface area contributed by atoms with Crippen LogP contribution in [0.2, 0.25) is 0 Å². The zero-order valence-electron chi connectivity index (χ0n) is 20.1. The molecule has 0 radical (unpaired) electrons. The van der Waals surface area contributed by atoms with E-state index < -0.39 is 28.7 Å². The smallest absolute Gasteiger partial charge is 0.129 e. The van der Waals surface area contributed by atoms with Gasteiger partial charge in [0.15, 0.2) is 0 Å². The maximum atomic E-state index is 13.7. The summed E-state index contributed by atoms with van der Waals surface area (Å²) in [5.74, 6) is 1.29. The molecule has 34 heavy (non-hydrogen) atoms. The predicted molar refractivity (Wildman–Crippen MR) is 141 cm³/mol. The van der Waals surface area contributed by atoms with E-state index in [1.165, 1.54) is 29.5 Å². The largest absolute Gasteiger partial charge is 0.464 e. The summed E-state index contributed by atoms with van der Waals surface area (Å²) in [6.45, 7) is 9.72. The first-order valence-electron chi connectivity index (χ1n) is 10.9. The van der Waals surface area contributed by atoms with Gasteiger partial charge in [-0.15, -0.1) is 11.8 Å². The minimum Gasteiger partial charge on any atom is -0.464 e. The van der Waals surface area contributed by atoms with Crippen LogP contribution in [0.5, 0.6) is 0 Å². The second-order valence-electron chi connectivity index (χ2n) is 8.71. The molecule has 0 saturated heterocycles. The van der Waals surface area contributed by atoms with Gasteiger partial charge in [-0.2, -0.15) is 0 Å². The van der Waals surface area contributed by atoms with Crippen LogP contribution in [0.15, 0.2) is 52.9 Å². The van der Waals surface area contributed by atoms with Gasteiger partial charge in [0.05, 0.1) is 0 Å². The van der Waals surface area contributed by atoms with Gasteiger partial charge < -0.3 is 17.7 Å². The number of hydrogen-bond acceptors (Lipinski definition) is 1. The number of halogens is 4. The molecular weight excluding hydrogens is 529 g/mol. The van der Waals surface area contributed by atoms with Crippen molar-refractivity contribution < 1.29 is 25.8 Å². The Balaban J connectivity index is 0.000000222. The number of thioether (sulfide) groups is 1. The standard InChI is InChI=1S/C14H9F2N2.C11H18S.CH3.2ClH.Ti/c15-11-6-3-7-12(16)13(11)18-8-9-4-1-2-5-10(9)14(18)17;1-6-5-10-8(3)9(4)12-11(10)7(6)2;;;;/h1-7H,8H2;6-7,10-11H,5H2,1-4H3;1H3;2*1H;/q-1;;-1;;;+2/p-2. The topological polar surface area (TPSA) is 25.5 Å². The molecule has 1 saturated carbocycles. The van der Waals surface area contributed by atoms with Crippen molar-refractivity contribution in [2.75, 3.05) is 4.90 Å². The first kappa shape index (κ1) is 29.4. The van der Waals surface area contributed by atoms with Gasteiger partial charge >= 0.3 is 35.6 Å². The van der Waals surface area contributed by atoms with Crippen molar-refractivity contribution in [2.45, 2.75) is 45.9 Å². The second-order valence-corrected chi connectivity index (χ2v) is 12.7. The summed E-state index contributed by atoms with van der Waals surface area (Å²) in [7, 11) is 9.78. The summed E-state index contributed by atoms with van der Waals surface area (Å²) in [6, 6.07) is 10.8. The predicted octanol–water partition coefficient (Wildman–Crippen LogP) is 8.82. The first-order valence-corrected chi connectivity index (χ1v) is 16.0. The van der Waals surface area contributed by atoms with Crippen LogP contribution >= 0.6 is 30.4 Å². The quantitative estimate of drug-likeness (QED) is 0.258. The molecule has 2 nitrogen and oxygen atoms in total. The zero-order chi connectivity index (χ0) is 24.3. The normalized spacial score (nSPS) is 24.4. The Morgan fingerprint density at radius 1 is 1.03 bits per heavy atom. The number of rotatable bonds is 1. The molecule has 3 aliphatic rings. The number of anilines is 1. The maximum absolute atomic E-state index is 13.7. The molecule has 0 N–H and O–H groups in total. The van der Waals surface area contributed by atoms with Gasteiger partial charge in [-0.3, -0.25) is 0 Å². The van der Waals surface area contributed by atoms with Crippen LogP contribution < -0.4 is 4.90 Å². The summed E-state index contributed by atoms with van der Waals surface area (Å²) < 4.78 is 27.4. The van der Waals surface area contributed by atoms with Crippen LogP contribution in [-0.4, -0.2) is 11.1 Å². The average Bonchev–Trinajstić information content (AvgIpc) is 3.36. The summed E-state index contributed by atoms with van der Waals surface area (Å²) in [4.78, 5) is 2.85. The fourth-order valence-corrected chi connectivity index (χ4v) is 6.52. The molecule has 0 spiro atoms. The van der Waals surface area contributed by atoms with Crippen LogP contribution in [0.3, 0.4) is 0 Å². The third kappa shape index (κ3) is 6.10. The molecule has 4 unspecified atom stereocenters. The van der Waals surface area contributed by atoms with E-state index in [0.717, 1.165) is 28.6 Å². The van der Waals surface area contributed by atoms with Crippen molar-refractivity contribution in [3.8, 4) is 0 Å². The van der Waals surface area contributed by atoms with Crippen LogP contribution in [0, 0.1) is 36.8 Å².